The number of aromatic nitrogens is 4. The van der Waals surface area contributed by atoms with Gasteiger partial charge in [0, 0.05) is 11.9 Å². The maximum absolute atomic E-state index is 15.1. The van der Waals surface area contributed by atoms with Crippen LogP contribution in [-0.2, 0) is 4.74 Å². The summed E-state index contributed by atoms with van der Waals surface area (Å²) in [6.07, 6.45) is 3.69. The minimum Gasteiger partial charge on any atom is -0.444 e. The van der Waals surface area contributed by atoms with E-state index in [1.807, 2.05) is 40.0 Å². The molecule has 10 heteroatoms. The van der Waals surface area contributed by atoms with Crippen molar-refractivity contribution in [3.63, 3.8) is 0 Å². The van der Waals surface area contributed by atoms with Gasteiger partial charge in [-0.3, -0.25) is 4.90 Å². The van der Waals surface area contributed by atoms with Crippen LogP contribution < -0.4 is 0 Å². The number of rotatable bonds is 2. The second-order valence-electron chi connectivity index (χ2n) is 8.72. The number of benzene rings is 1. The summed E-state index contributed by atoms with van der Waals surface area (Å²) in [6.45, 7) is 7.95. The van der Waals surface area contributed by atoms with E-state index in [1.165, 1.54) is 11.8 Å². The molecule has 1 aliphatic rings. The normalized spacial score (nSPS) is 17.5. The van der Waals surface area contributed by atoms with Crippen LogP contribution in [-0.4, -0.2) is 49.4 Å². The van der Waals surface area contributed by atoms with Gasteiger partial charge in [-0.1, -0.05) is 5.21 Å². The largest absolute Gasteiger partial charge is 0.444 e. The van der Waals surface area contributed by atoms with Crippen LogP contribution in [0.3, 0.4) is 0 Å². The molecule has 0 N–H and O–H groups in total. The first-order valence-corrected chi connectivity index (χ1v) is 12.2. The van der Waals surface area contributed by atoms with E-state index in [-0.39, 0.29) is 17.8 Å². The van der Waals surface area contributed by atoms with Gasteiger partial charge < -0.3 is 4.74 Å². The Morgan fingerprint density at radius 2 is 2.06 bits per heavy atom. The van der Waals surface area contributed by atoms with Gasteiger partial charge in [-0.05, 0) is 80.8 Å². The highest BCUT2D eigenvalue weighted by Gasteiger charge is 2.34. The van der Waals surface area contributed by atoms with Crippen LogP contribution in [0.5, 0.6) is 0 Å². The van der Waals surface area contributed by atoms with E-state index in [1.54, 1.807) is 9.58 Å². The van der Waals surface area contributed by atoms with Crippen LogP contribution in [0, 0.1) is 12.7 Å². The zero-order valence-electron chi connectivity index (χ0n) is 18.2. The molecule has 0 radical (unpaired) electrons. The quantitative estimate of drug-likeness (QED) is 0.404. The number of amides is 1. The molecule has 4 rings (SSSR count). The lowest BCUT2D eigenvalue weighted by Gasteiger charge is -2.36. The minimum absolute atomic E-state index is 0.262. The summed E-state index contributed by atoms with van der Waals surface area (Å²) in [7, 11) is 0. The van der Waals surface area contributed by atoms with Crippen molar-refractivity contribution in [2.75, 3.05) is 12.8 Å². The number of carbonyl (C=O) groups is 1. The zero-order valence-corrected chi connectivity index (χ0v) is 20.6. The summed E-state index contributed by atoms with van der Waals surface area (Å²) in [4.78, 5) is 19.2. The first-order valence-electron chi connectivity index (χ1n) is 10.2. The molecule has 1 fully saturated rings. The number of ether oxygens (including phenoxy) is 1. The maximum Gasteiger partial charge on any atom is 0.412 e. The molecular formula is C21H25BrFN5O2S. The van der Waals surface area contributed by atoms with Crippen LogP contribution in [0.4, 0.5) is 9.18 Å². The van der Waals surface area contributed by atoms with Crippen molar-refractivity contribution in [2.24, 2.45) is 0 Å². The van der Waals surface area contributed by atoms with Crippen LogP contribution in [0.2, 0.25) is 0 Å². The van der Waals surface area contributed by atoms with Crippen molar-refractivity contribution in [3.8, 4) is 0 Å². The predicted molar refractivity (Wildman–Crippen MR) is 123 cm³/mol. The standard InChI is InChI=1S/C21H25BrFN5O2S/c1-11-10-12-16(15(23)14(11)22)24-19(31-5)17-18(12)28(26-25-17)13-8-6-7-9-27(13)20(29)30-21(2,3)4/h10,13H,6-9H2,1-5H3. The second kappa shape index (κ2) is 8.20. The smallest absolute Gasteiger partial charge is 0.412 e. The SMILES string of the molecule is CSc1nc2c(F)c(Br)c(C)cc2c2c1nnn2C1CCCCN1C(=O)OC(C)(C)C. The maximum atomic E-state index is 15.1. The first kappa shape index (κ1) is 22.3. The molecule has 1 amide bonds. The molecule has 1 aromatic carbocycles. The molecule has 0 aliphatic carbocycles. The second-order valence-corrected chi connectivity index (χ2v) is 10.3. The van der Waals surface area contributed by atoms with Gasteiger partial charge in [0.1, 0.15) is 33.3 Å². The zero-order chi connectivity index (χ0) is 22.5. The number of hydrogen-bond acceptors (Lipinski definition) is 6. The molecule has 1 unspecified atom stereocenters. The number of hydrogen-bond donors (Lipinski definition) is 0. The average Bonchev–Trinajstić information content (AvgIpc) is 3.16. The van der Waals surface area contributed by atoms with E-state index in [0.717, 1.165) is 18.4 Å². The molecule has 7 nitrogen and oxygen atoms in total. The Labute approximate surface area is 192 Å². The van der Waals surface area contributed by atoms with E-state index in [9.17, 15) is 4.79 Å². The fourth-order valence-electron chi connectivity index (χ4n) is 3.93. The molecule has 1 saturated heterocycles. The number of nitrogens with zero attached hydrogens (tertiary/aromatic N) is 5. The van der Waals surface area contributed by atoms with Crippen molar-refractivity contribution >= 4 is 55.7 Å². The van der Waals surface area contributed by atoms with Gasteiger partial charge in [-0.2, -0.15) is 0 Å². The fourth-order valence-corrected chi connectivity index (χ4v) is 4.74. The predicted octanol–water partition coefficient (Wildman–Crippen LogP) is 5.83. The van der Waals surface area contributed by atoms with Crippen molar-refractivity contribution in [1.29, 1.82) is 0 Å². The van der Waals surface area contributed by atoms with E-state index in [4.69, 9.17) is 4.74 Å². The number of piperidine rings is 1. The summed E-state index contributed by atoms with van der Waals surface area (Å²) in [6, 6.07) is 1.89. The molecule has 0 saturated carbocycles. The van der Waals surface area contributed by atoms with Crippen LogP contribution in [0.25, 0.3) is 21.9 Å². The lowest BCUT2D eigenvalue weighted by atomic mass is 10.1. The minimum atomic E-state index is -0.599. The highest BCUT2D eigenvalue weighted by Crippen LogP contribution is 2.37. The number of halogens is 2. The van der Waals surface area contributed by atoms with E-state index < -0.39 is 11.4 Å². The number of carbonyl (C=O) groups excluding carboxylic acids is 1. The van der Waals surface area contributed by atoms with E-state index in [0.29, 0.717) is 38.9 Å². The Balaban J connectivity index is 1.94. The monoisotopic (exact) mass is 509 g/mol. The van der Waals surface area contributed by atoms with Crippen LogP contribution in [0.15, 0.2) is 15.6 Å². The van der Waals surface area contributed by atoms with Crippen LogP contribution in [0.1, 0.15) is 51.8 Å². The molecule has 0 spiro atoms. The Morgan fingerprint density at radius 1 is 1.32 bits per heavy atom. The summed E-state index contributed by atoms with van der Waals surface area (Å²) >= 11 is 4.72. The summed E-state index contributed by atoms with van der Waals surface area (Å²) in [5, 5.41) is 10.0. The molecule has 166 valence electrons. The Morgan fingerprint density at radius 3 is 2.74 bits per heavy atom. The average molecular weight is 510 g/mol. The molecule has 3 heterocycles. The molecule has 1 atom stereocenters. The Bertz CT molecular complexity index is 1180. The molecule has 2 aromatic heterocycles. The lowest BCUT2D eigenvalue weighted by molar-refractivity contribution is -0.00287. The van der Waals surface area contributed by atoms with Crippen molar-refractivity contribution in [2.45, 2.75) is 63.8 Å². The third kappa shape index (κ3) is 4.00. The third-order valence-corrected chi connectivity index (χ3v) is 6.95. The van der Waals surface area contributed by atoms with E-state index >= 15 is 4.39 Å². The van der Waals surface area contributed by atoms with Gasteiger partial charge in [0.05, 0.1) is 4.47 Å². The van der Waals surface area contributed by atoms with Gasteiger partial charge in [0.25, 0.3) is 0 Å². The topological polar surface area (TPSA) is 73.1 Å². The van der Waals surface area contributed by atoms with Gasteiger partial charge in [0.15, 0.2) is 5.82 Å². The third-order valence-electron chi connectivity index (χ3n) is 5.30. The number of likely N-dealkylation sites (tertiary alicyclic amines) is 1. The van der Waals surface area contributed by atoms with Gasteiger partial charge in [-0.25, -0.2) is 18.9 Å². The first-order chi connectivity index (χ1) is 14.6. The highest BCUT2D eigenvalue weighted by atomic mass is 79.9. The summed E-state index contributed by atoms with van der Waals surface area (Å²) in [5.74, 6) is -0.410. The van der Waals surface area contributed by atoms with Crippen molar-refractivity contribution < 1.29 is 13.9 Å². The summed E-state index contributed by atoms with van der Waals surface area (Å²) < 4.78 is 22.9. The van der Waals surface area contributed by atoms with Crippen molar-refractivity contribution in [3.05, 3.63) is 21.9 Å². The van der Waals surface area contributed by atoms with Crippen molar-refractivity contribution in [1.82, 2.24) is 24.9 Å². The molecule has 1 aliphatic heterocycles. The highest BCUT2D eigenvalue weighted by molar-refractivity contribution is 9.10. The molecule has 3 aromatic rings. The number of fused-ring (bicyclic) bond motifs is 3. The fraction of sp³-hybridized carbons (Fsp3) is 0.524. The van der Waals surface area contributed by atoms with Gasteiger partial charge in [-0.15, -0.1) is 16.9 Å². The summed E-state index contributed by atoms with van der Waals surface area (Å²) in [5.41, 5.74) is 1.71. The molecule has 31 heavy (non-hydrogen) atoms. The number of thioether (sulfide) groups is 1. The number of aryl methyl sites for hydroxylation is 1. The van der Waals surface area contributed by atoms with E-state index in [2.05, 4.69) is 31.2 Å². The Hall–Kier alpha value is -1.94. The Kier molecular flexibility index (Phi) is 5.89. The van der Waals surface area contributed by atoms with Gasteiger partial charge >= 0.3 is 6.09 Å². The number of pyridine rings is 1. The molecule has 0 bridgehead atoms. The molecular weight excluding hydrogens is 485 g/mol. The van der Waals surface area contributed by atoms with Gasteiger partial charge in [0.2, 0.25) is 0 Å². The lowest BCUT2D eigenvalue weighted by Crippen LogP contribution is -2.44. The van der Waals surface area contributed by atoms with Crippen LogP contribution >= 0.6 is 27.7 Å².